The van der Waals surface area contributed by atoms with Gasteiger partial charge < -0.3 is 5.32 Å². The van der Waals surface area contributed by atoms with E-state index in [1.54, 1.807) is 25.1 Å². The lowest BCUT2D eigenvalue weighted by Crippen LogP contribution is -2.22. The zero-order valence-electron chi connectivity index (χ0n) is 14.1. The summed E-state index contributed by atoms with van der Waals surface area (Å²) in [5, 5.41) is 10.6. The van der Waals surface area contributed by atoms with E-state index in [9.17, 15) is 4.79 Å². The molecule has 1 amide bonds. The van der Waals surface area contributed by atoms with E-state index in [2.05, 4.69) is 20.5 Å². The summed E-state index contributed by atoms with van der Waals surface area (Å²) in [7, 11) is 0. The van der Waals surface area contributed by atoms with Crippen LogP contribution in [0.3, 0.4) is 0 Å². The SMILES string of the molecule is Cc1ccc(-c2nc(S[C@@H](C)C(=O)Nc3cccc(Cl)c3Cl)n[nH]2)cc1. The fourth-order valence-electron chi connectivity index (χ4n) is 2.19. The maximum Gasteiger partial charge on any atom is 0.237 e. The van der Waals surface area contributed by atoms with Crippen molar-refractivity contribution in [2.75, 3.05) is 5.32 Å². The van der Waals surface area contributed by atoms with Crippen LogP contribution in [-0.2, 0) is 4.79 Å². The average Bonchev–Trinajstić information content (AvgIpc) is 3.08. The number of rotatable bonds is 5. The third-order valence-electron chi connectivity index (χ3n) is 3.65. The van der Waals surface area contributed by atoms with Gasteiger partial charge in [-0.25, -0.2) is 4.98 Å². The summed E-state index contributed by atoms with van der Waals surface area (Å²) in [6.07, 6.45) is 0. The smallest absolute Gasteiger partial charge is 0.237 e. The molecular weight excluding hydrogens is 391 g/mol. The molecule has 2 N–H and O–H groups in total. The number of amides is 1. The number of anilines is 1. The predicted octanol–water partition coefficient (Wildman–Crippen LogP) is 5.21. The van der Waals surface area contributed by atoms with Gasteiger partial charge in [-0.3, -0.25) is 9.89 Å². The molecule has 0 aliphatic heterocycles. The van der Waals surface area contributed by atoms with Gasteiger partial charge in [0.15, 0.2) is 5.82 Å². The van der Waals surface area contributed by atoms with Crippen LogP contribution in [0.2, 0.25) is 10.0 Å². The van der Waals surface area contributed by atoms with Crippen molar-refractivity contribution in [2.24, 2.45) is 0 Å². The third kappa shape index (κ3) is 4.38. The summed E-state index contributed by atoms with van der Waals surface area (Å²) in [5.74, 6) is 0.457. The van der Waals surface area contributed by atoms with Gasteiger partial charge in [0.05, 0.1) is 21.0 Å². The summed E-state index contributed by atoms with van der Waals surface area (Å²) in [6.45, 7) is 3.80. The molecule has 0 unspecified atom stereocenters. The molecule has 0 saturated heterocycles. The van der Waals surface area contributed by atoms with Gasteiger partial charge in [0.2, 0.25) is 11.1 Å². The quantitative estimate of drug-likeness (QED) is 0.570. The first-order valence-corrected chi connectivity index (χ1v) is 9.48. The lowest BCUT2D eigenvalue weighted by atomic mass is 10.1. The van der Waals surface area contributed by atoms with Crippen molar-refractivity contribution in [3.63, 3.8) is 0 Å². The largest absolute Gasteiger partial charge is 0.324 e. The van der Waals surface area contributed by atoms with Crippen molar-refractivity contribution in [1.29, 1.82) is 0 Å². The second-order valence-electron chi connectivity index (χ2n) is 5.68. The number of aryl methyl sites for hydroxylation is 1. The molecule has 0 spiro atoms. The molecule has 3 rings (SSSR count). The zero-order chi connectivity index (χ0) is 18.7. The van der Waals surface area contributed by atoms with Crippen LogP contribution in [0, 0.1) is 6.92 Å². The first-order chi connectivity index (χ1) is 12.4. The maximum atomic E-state index is 12.4. The number of nitrogens with one attached hydrogen (secondary N) is 2. The van der Waals surface area contributed by atoms with Crippen LogP contribution >= 0.6 is 35.0 Å². The number of carbonyl (C=O) groups excluding carboxylic acids is 1. The highest BCUT2D eigenvalue weighted by molar-refractivity contribution is 8.00. The van der Waals surface area contributed by atoms with E-state index in [0.29, 0.717) is 26.7 Å². The summed E-state index contributed by atoms with van der Waals surface area (Å²) < 4.78 is 0. The standard InChI is InChI=1S/C18H16Cl2N4OS/c1-10-6-8-12(9-7-10)16-22-18(24-23-16)26-11(2)17(25)21-14-5-3-4-13(19)15(14)20/h3-9,11H,1-2H3,(H,21,25)(H,22,23,24)/t11-/m0/s1. The molecule has 0 bridgehead atoms. The lowest BCUT2D eigenvalue weighted by Gasteiger charge is -2.11. The number of hydrogen-bond donors (Lipinski definition) is 2. The Hall–Kier alpha value is -2.02. The molecule has 0 fully saturated rings. The van der Waals surface area contributed by atoms with Crippen molar-refractivity contribution in [1.82, 2.24) is 15.2 Å². The van der Waals surface area contributed by atoms with E-state index < -0.39 is 5.25 Å². The molecule has 0 saturated carbocycles. The highest BCUT2D eigenvalue weighted by Crippen LogP contribution is 2.30. The zero-order valence-corrected chi connectivity index (χ0v) is 16.4. The monoisotopic (exact) mass is 406 g/mol. The molecule has 5 nitrogen and oxygen atoms in total. The fourth-order valence-corrected chi connectivity index (χ4v) is 3.26. The van der Waals surface area contributed by atoms with E-state index in [-0.39, 0.29) is 5.91 Å². The average molecular weight is 407 g/mol. The first kappa shape index (κ1) is 18.8. The summed E-state index contributed by atoms with van der Waals surface area (Å²) in [4.78, 5) is 16.8. The number of hydrogen-bond acceptors (Lipinski definition) is 4. The van der Waals surface area contributed by atoms with Gasteiger partial charge in [-0.1, -0.05) is 70.9 Å². The van der Waals surface area contributed by atoms with E-state index >= 15 is 0 Å². The molecule has 1 heterocycles. The van der Waals surface area contributed by atoms with Gasteiger partial charge in [-0.05, 0) is 26.0 Å². The van der Waals surface area contributed by atoms with Crippen LogP contribution in [0.15, 0.2) is 47.6 Å². The molecule has 0 aliphatic rings. The predicted molar refractivity (Wildman–Crippen MR) is 107 cm³/mol. The number of nitrogens with zero attached hydrogens (tertiary/aromatic N) is 2. The number of aromatic nitrogens is 3. The Morgan fingerprint density at radius 2 is 1.92 bits per heavy atom. The van der Waals surface area contributed by atoms with E-state index in [1.807, 2.05) is 31.2 Å². The molecule has 1 aromatic heterocycles. The Labute approximate surface area is 165 Å². The number of H-pyrrole nitrogens is 1. The molecule has 0 aliphatic carbocycles. The number of benzene rings is 2. The summed E-state index contributed by atoms with van der Waals surface area (Å²) in [6, 6.07) is 13.1. The van der Waals surface area contributed by atoms with Gasteiger partial charge >= 0.3 is 0 Å². The topological polar surface area (TPSA) is 70.7 Å². The number of thioether (sulfide) groups is 1. The Morgan fingerprint density at radius 3 is 2.65 bits per heavy atom. The van der Waals surface area contributed by atoms with Crippen LogP contribution in [0.4, 0.5) is 5.69 Å². The maximum absolute atomic E-state index is 12.4. The molecule has 2 aromatic carbocycles. The normalized spacial score (nSPS) is 12.0. The van der Waals surface area contributed by atoms with Crippen LogP contribution < -0.4 is 5.32 Å². The van der Waals surface area contributed by atoms with Crippen molar-refractivity contribution >= 4 is 46.6 Å². The highest BCUT2D eigenvalue weighted by Gasteiger charge is 2.19. The Balaban J connectivity index is 1.66. The Bertz CT molecular complexity index is 927. The van der Waals surface area contributed by atoms with E-state index in [4.69, 9.17) is 23.2 Å². The van der Waals surface area contributed by atoms with Crippen molar-refractivity contribution in [2.45, 2.75) is 24.3 Å². The minimum Gasteiger partial charge on any atom is -0.324 e. The minimum atomic E-state index is -0.410. The highest BCUT2D eigenvalue weighted by atomic mass is 35.5. The number of carbonyl (C=O) groups is 1. The fraction of sp³-hybridized carbons (Fsp3) is 0.167. The number of aromatic amines is 1. The Kier molecular flexibility index (Phi) is 5.86. The minimum absolute atomic E-state index is 0.208. The van der Waals surface area contributed by atoms with Crippen LogP contribution in [0.25, 0.3) is 11.4 Å². The summed E-state index contributed by atoms with van der Waals surface area (Å²) >= 11 is 13.3. The van der Waals surface area contributed by atoms with Gasteiger partial charge in [0.1, 0.15) is 0 Å². The molecule has 134 valence electrons. The molecular formula is C18H16Cl2N4OS. The van der Waals surface area contributed by atoms with E-state index in [0.717, 1.165) is 5.56 Å². The van der Waals surface area contributed by atoms with Crippen LogP contribution in [0.5, 0.6) is 0 Å². The molecule has 3 aromatic rings. The molecule has 1 atom stereocenters. The van der Waals surface area contributed by atoms with Gasteiger partial charge in [-0.2, -0.15) is 0 Å². The van der Waals surface area contributed by atoms with Gasteiger partial charge in [0, 0.05) is 5.56 Å². The third-order valence-corrected chi connectivity index (χ3v) is 5.43. The van der Waals surface area contributed by atoms with Gasteiger partial charge in [-0.15, -0.1) is 5.10 Å². The second kappa shape index (κ2) is 8.12. The Morgan fingerprint density at radius 1 is 1.19 bits per heavy atom. The van der Waals surface area contributed by atoms with E-state index in [1.165, 1.54) is 17.3 Å². The van der Waals surface area contributed by atoms with Crippen molar-refractivity contribution in [3.05, 3.63) is 58.1 Å². The molecule has 8 heteroatoms. The van der Waals surface area contributed by atoms with Crippen LogP contribution in [0.1, 0.15) is 12.5 Å². The summed E-state index contributed by atoms with van der Waals surface area (Å²) in [5.41, 5.74) is 2.59. The second-order valence-corrected chi connectivity index (χ2v) is 7.78. The van der Waals surface area contributed by atoms with Crippen molar-refractivity contribution < 1.29 is 4.79 Å². The lowest BCUT2D eigenvalue weighted by molar-refractivity contribution is -0.115. The first-order valence-electron chi connectivity index (χ1n) is 7.85. The molecule has 26 heavy (non-hydrogen) atoms. The van der Waals surface area contributed by atoms with Gasteiger partial charge in [0.25, 0.3) is 0 Å². The molecule has 0 radical (unpaired) electrons. The van der Waals surface area contributed by atoms with Crippen LogP contribution in [-0.4, -0.2) is 26.3 Å². The van der Waals surface area contributed by atoms with Crippen molar-refractivity contribution in [3.8, 4) is 11.4 Å². The number of halogens is 2.